The van der Waals surface area contributed by atoms with Crippen LogP contribution in [0.2, 0.25) is 0 Å². The van der Waals surface area contributed by atoms with Crippen molar-refractivity contribution in [3.8, 4) is 6.07 Å². The summed E-state index contributed by atoms with van der Waals surface area (Å²) in [6.45, 7) is 0.572. The number of para-hydroxylation sites is 2. The number of hydrogen-bond donors (Lipinski definition) is 1. The molecule has 0 radical (unpaired) electrons. The van der Waals surface area contributed by atoms with Crippen molar-refractivity contribution in [2.75, 3.05) is 5.32 Å². The van der Waals surface area contributed by atoms with Gasteiger partial charge in [-0.3, -0.25) is 0 Å². The topological polar surface area (TPSA) is 61.9 Å². The highest BCUT2D eigenvalue weighted by molar-refractivity contribution is 5.74. The number of fused-ring (bicyclic) bond motifs is 1. The van der Waals surface area contributed by atoms with Gasteiger partial charge >= 0.3 is 0 Å². The van der Waals surface area contributed by atoms with Crippen LogP contribution in [-0.2, 0) is 6.54 Å². The summed E-state index contributed by atoms with van der Waals surface area (Å²) in [5.74, 6) is 0. The quantitative estimate of drug-likeness (QED) is 0.773. The Balaban J connectivity index is 1.76. The Kier molecular flexibility index (Phi) is 2.87. The first-order valence-electron chi connectivity index (χ1n) is 5.93. The van der Waals surface area contributed by atoms with Gasteiger partial charge in [0.1, 0.15) is 5.52 Å². The lowest BCUT2D eigenvalue weighted by Crippen LogP contribution is -1.99. The molecule has 1 heterocycles. The van der Waals surface area contributed by atoms with Crippen LogP contribution in [0.3, 0.4) is 0 Å². The Morgan fingerprint density at radius 3 is 2.89 bits per heavy atom. The van der Waals surface area contributed by atoms with Gasteiger partial charge in [-0.1, -0.05) is 24.3 Å². The third-order valence-electron chi connectivity index (χ3n) is 2.79. The second-order valence-corrected chi connectivity index (χ2v) is 4.15. The molecule has 0 saturated heterocycles. The van der Waals surface area contributed by atoms with Crippen molar-refractivity contribution < 1.29 is 4.42 Å². The fraction of sp³-hybridized carbons (Fsp3) is 0.0667. The van der Waals surface area contributed by atoms with E-state index in [-0.39, 0.29) is 0 Å². The normalized spacial score (nSPS) is 10.3. The molecule has 0 aliphatic carbocycles. The van der Waals surface area contributed by atoms with Crippen molar-refractivity contribution in [3.63, 3.8) is 0 Å². The number of benzene rings is 2. The molecule has 0 atom stereocenters. The standard InChI is InChI=1S/C15H11N3O/c16-9-11-4-3-5-12(8-11)10-17-15-18-13-6-1-2-7-14(13)19-15/h1-8H,10H2,(H,17,18). The number of rotatable bonds is 3. The second-order valence-electron chi connectivity index (χ2n) is 4.15. The minimum Gasteiger partial charge on any atom is -0.424 e. The number of hydrogen-bond acceptors (Lipinski definition) is 4. The lowest BCUT2D eigenvalue weighted by Gasteiger charge is -2.01. The number of nitrogens with zero attached hydrogens (tertiary/aromatic N) is 2. The first-order chi connectivity index (χ1) is 9.35. The minimum absolute atomic E-state index is 0.489. The fourth-order valence-corrected chi connectivity index (χ4v) is 1.88. The molecular weight excluding hydrogens is 238 g/mol. The van der Waals surface area contributed by atoms with Gasteiger partial charge in [-0.2, -0.15) is 10.2 Å². The number of oxazole rings is 1. The van der Waals surface area contributed by atoms with Crippen LogP contribution in [0, 0.1) is 11.3 Å². The summed E-state index contributed by atoms with van der Waals surface area (Å²) < 4.78 is 5.56. The number of anilines is 1. The van der Waals surface area contributed by atoms with Gasteiger partial charge in [-0.15, -0.1) is 0 Å². The molecule has 0 saturated carbocycles. The van der Waals surface area contributed by atoms with E-state index in [2.05, 4.69) is 16.4 Å². The number of nitriles is 1. The minimum atomic E-state index is 0.489. The van der Waals surface area contributed by atoms with E-state index in [4.69, 9.17) is 9.68 Å². The van der Waals surface area contributed by atoms with E-state index >= 15 is 0 Å². The molecule has 19 heavy (non-hydrogen) atoms. The molecule has 92 valence electrons. The zero-order valence-corrected chi connectivity index (χ0v) is 10.1. The molecule has 1 aromatic heterocycles. The summed E-state index contributed by atoms with van der Waals surface area (Å²) in [5, 5.41) is 12.0. The first-order valence-corrected chi connectivity index (χ1v) is 5.93. The van der Waals surface area contributed by atoms with Gasteiger partial charge in [0.25, 0.3) is 6.01 Å². The highest BCUT2D eigenvalue weighted by atomic mass is 16.4. The van der Waals surface area contributed by atoms with Gasteiger partial charge in [0.05, 0.1) is 11.6 Å². The SMILES string of the molecule is N#Cc1cccc(CNc2nc3ccccc3o2)c1. The Bertz CT molecular complexity index is 722. The molecule has 0 aliphatic rings. The van der Waals surface area contributed by atoms with Crippen molar-refractivity contribution in [3.05, 3.63) is 59.7 Å². The second kappa shape index (κ2) is 4.83. The molecule has 0 amide bonds. The third kappa shape index (κ3) is 2.40. The molecule has 3 aromatic rings. The predicted octanol–water partition coefficient (Wildman–Crippen LogP) is 3.31. The van der Waals surface area contributed by atoms with Crippen LogP contribution in [0.1, 0.15) is 11.1 Å². The number of nitrogens with one attached hydrogen (secondary N) is 1. The van der Waals surface area contributed by atoms with Crippen molar-refractivity contribution in [2.24, 2.45) is 0 Å². The van der Waals surface area contributed by atoms with Crippen molar-refractivity contribution >= 4 is 17.1 Å². The monoisotopic (exact) mass is 249 g/mol. The average molecular weight is 249 g/mol. The van der Waals surface area contributed by atoms with E-state index in [1.807, 2.05) is 42.5 Å². The summed E-state index contributed by atoms with van der Waals surface area (Å²) in [6, 6.07) is 17.7. The molecule has 4 heteroatoms. The molecule has 0 unspecified atom stereocenters. The van der Waals surface area contributed by atoms with Gasteiger partial charge in [0.15, 0.2) is 5.58 Å². The smallest absolute Gasteiger partial charge is 0.295 e. The lowest BCUT2D eigenvalue weighted by atomic mass is 10.1. The van der Waals surface area contributed by atoms with Crippen LogP contribution in [0.5, 0.6) is 0 Å². The van der Waals surface area contributed by atoms with E-state index < -0.39 is 0 Å². The van der Waals surface area contributed by atoms with Crippen molar-refractivity contribution in [1.29, 1.82) is 5.26 Å². The summed E-state index contributed by atoms with van der Waals surface area (Å²) in [7, 11) is 0. The van der Waals surface area contributed by atoms with Crippen molar-refractivity contribution in [1.82, 2.24) is 4.98 Å². The molecular formula is C15H11N3O. The van der Waals surface area contributed by atoms with Crippen LogP contribution in [0.4, 0.5) is 6.01 Å². The maximum atomic E-state index is 8.84. The molecule has 0 bridgehead atoms. The van der Waals surface area contributed by atoms with E-state index in [1.165, 1.54) is 0 Å². The maximum Gasteiger partial charge on any atom is 0.295 e. The summed E-state index contributed by atoms with van der Waals surface area (Å²) in [6.07, 6.45) is 0. The van der Waals surface area contributed by atoms with Crippen LogP contribution < -0.4 is 5.32 Å². The zero-order chi connectivity index (χ0) is 13.1. The predicted molar refractivity (Wildman–Crippen MR) is 72.5 cm³/mol. The largest absolute Gasteiger partial charge is 0.424 e. The summed E-state index contributed by atoms with van der Waals surface area (Å²) in [4.78, 5) is 4.33. The van der Waals surface area contributed by atoms with E-state index in [1.54, 1.807) is 6.07 Å². The van der Waals surface area contributed by atoms with Crippen LogP contribution >= 0.6 is 0 Å². The maximum absolute atomic E-state index is 8.84. The number of aromatic nitrogens is 1. The molecule has 0 spiro atoms. The van der Waals surface area contributed by atoms with Crippen LogP contribution in [0.15, 0.2) is 52.9 Å². The average Bonchev–Trinajstić information content (AvgIpc) is 2.88. The van der Waals surface area contributed by atoms with E-state index in [0.717, 1.165) is 16.7 Å². The molecule has 2 aromatic carbocycles. The Morgan fingerprint density at radius 1 is 1.16 bits per heavy atom. The molecule has 4 nitrogen and oxygen atoms in total. The first kappa shape index (κ1) is 11.3. The van der Waals surface area contributed by atoms with Gasteiger partial charge in [0, 0.05) is 6.54 Å². The van der Waals surface area contributed by atoms with Gasteiger partial charge < -0.3 is 9.73 Å². The van der Waals surface area contributed by atoms with Gasteiger partial charge in [0.2, 0.25) is 0 Å². The van der Waals surface area contributed by atoms with Gasteiger partial charge in [-0.05, 0) is 29.8 Å². The lowest BCUT2D eigenvalue weighted by molar-refractivity contribution is 0.614. The molecule has 1 N–H and O–H groups in total. The molecule has 3 rings (SSSR count). The third-order valence-corrected chi connectivity index (χ3v) is 2.79. The Morgan fingerprint density at radius 2 is 2.05 bits per heavy atom. The Hall–Kier alpha value is -2.80. The van der Waals surface area contributed by atoms with E-state index in [9.17, 15) is 0 Å². The van der Waals surface area contributed by atoms with Crippen LogP contribution in [0.25, 0.3) is 11.1 Å². The van der Waals surface area contributed by atoms with Crippen molar-refractivity contribution in [2.45, 2.75) is 6.54 Å². The highest BCUT2D eigenvalue weighted by Crippen LogP contribution is 2.18. The fourth-order valence-electron chi connectivity index (χ4n) is 1.88. The molecule has 0 aliphatic heterocycles. The Labute approximate surface area is 110 Å². The summed E-state index contributed by atoms with van der Waals surface area (Å²) in [5.41, 5.74) is 3.25. The van der Waals surface area contributed by atoms with Gasteiger partial charge in [-0.25, -0.2) is 0 Å². The van der Waals surface area contributed by atoms with Crippen LogP contribution in [-0.4, -0.2) is 4.98 Å². The molecule has 0 fully saturated rings. The highest BCUT2D eigenvalue weighted by Gasteiger charge is 2.04. The van der Waals surface area contributed by atoms with E-state index in [0.29, 0.717) is 18.1 Å². The summed E-state index contributed by atoms with van der Waals surface area (Å²) >= 11 is 0. The zero-order valence-electron chi connectivity index (χ0n) is 10.1.